The first kappa shape index (κ1) is 20.7. The van der Waals surface area contributed by atoms with Gasteiger partial charge in [0.2, 0.25) is 5.91 Å². The number of hydrogen-bond donors (Lipinski definition) is 1. The van der Waals surface area contributed by atoms with Gasteiger partial charge in [0.1, 0.15) is 0 Å². The lowest BCUT2D eigenvalue weighted by Gasteiger charge is -2.36. The van der Waals surface area contributed by atoms with E-state index in [1.165, 1.54) is 11.3 Å². The molecule has 2 rings (SSSR count). The first-order chi connectivity index (χ1) is 12.5. The second kappa shape index (κ2) is 11.2. The molecule has 1 aliphatic heterocycles. The quantitative estimate of drug-likeness (QED) is 0.651. The monoisotopic (exact) mass is 361 g/mol. The molecule has 0 aliphatic carbocycles. The number of anilines is 1. The first-order valence-electron chi connectivity index (χ1n) is 9.97. The number of hydrogen-bond acceptors (Lipinski definition) is 4. The van der Waals surface area contributed by atoms with Crippen molar-refractivity contribution in [2.24, 2.45) is 0 Å². The minimum absolute atomic E-state index is 0.0948. The van der Waals surface area contributed by atoms with Crippen LogP contribution in [0.2, 0.25) is 0 Å². The molecule has 0 spiro atoms. The maximum Gasteiger partial charge on any atom is 0.222 e. The average molecular weight is 362 g/mol. The summed E-state index contributed by atoms with van der Waals surface area (Å²) in [6.45, 7) is 12.9. The zero-order valence-corrected chi connectivity index (χ0v) is 16.7. The van der Waals surface area contributed by atoms with Crippen LogP contribution in [0.15, 0.2) is 24.3 Å². The van der Waals surface area contributed by atoms with Crippen molar-refractivity contribution in [1.29, 1.82) is 0 Å². The molecule has 1 aliphatic rings. The SMILES string of the molecule is Cc1cccc(N2CCN(CCCCNC(=O)CCOC(C)C)CC2)c1. The summed E-state index contributed by atoms with van der Waals surface area (Å²) in [7, 11) is 0. The molecule has 1 heterocycles. The maximum atomic E-state index is 11.7. The van der Waals surface area contributed by atoms with Crippen molar-refractivity contribution in [3.63, 3.8) is 0 Å². The third kappa shape index (κ3) is 7.75. The van der Waals surface area contributed by atoms with Crippen LogP contribution >= 0.6 is 0 Å². The summed E-state index contributed by atoms with van der Waals surface area (Å²) in [5.74, 6) is 0.0948. The van der Waals surface area contributed by atoms with Crippen molar-refractivity contribution in [1.82, 2.24) is 10.2 Å². The zero-order valence-electron chi connectivity index (χ0n) is 16.7. The fourth-order valence-electron chi connectivity index (χ4n) is 3.22. The fraction of sp³-hybridized carbons (Fsp3) is 0.667. The number of unbranched alkanes of at least 4 members (excludes halogenated alkanes) is 1. The maximum absolute atomic E-state index is 11.7. The second-order valence-corrected chi connectivity index (χ2v) is 7.39. The summed E-state index contributed by atoms with van der Waals surface area (Å²) >= 11 is 0. The summed E-state index contributed by atoms with van der Waals surface area (Å²) in [4.78, 5) is 16.7. The second-order valence-electron chi connectivity index (χ2n) is 7.39. The third-order valence-corrected chi connectivity index (χ3v) is 4.74. The Morgan fingerprint density at radius 3 is 2.65 bits per heavy atom. The molecule has 1 amide bonds. The van der Waals surface area contributed by atoms with Gasteiger partial charge in [0.15, 0.2) is 0 Å². The van der Waals surface area contributed by atoms with Gasteiger partial charge in [0.25, 0.3) is 0 Å². The van der Waals surface area contributed by atoms with Crippen molar-refractivity contribution >= 4 is 11.6 Å². The van der Waals surface area contributed by atoms with E-state index in [1.807, 2.05) is 13.8 Å². The molecule has 1 fully saturated rings. The molecule has 0 saturated carbocycles. The fourth-order valence-corrected chi connectivity index (χ4v) is 3.22. The Hall–Kier alpha value is -1.59. The highest BCUT2D eigenvalue weighted by molar-refractivity contribution is 5.75. The highest BCUT2D eigenvalue weighted by Crippen LogP contribution is 2.17. The number of nitrogens with zero attached hydrogens (tertiary/aromatic N) is 2. The van der Waals surface area contributed by atoms with E-state index in [9.17, 15) is 4.79 Å². The third-order valence-electron chi connectivity index (χ3n) is 4.74. The molecule has 1 N–H and O–H groups in total. The summed E-state index contributed by atoms with van der Waals surface area (Å²) in [5, 5.41) is 2.98. The predicted molar refractivity (Wildman–Crippen MR) is 108 cm³/mol. The van der Waals surface area contributed by atoms with E-state index < -0.39 is 0 Å². The lowest BCUT2D eigenvalue weighted by molar-refractivity contribution is -0.122. The van der Waals surface area contributed by atoms with E-state index in [0.717, 1.165) is 52.1 Å². The highest BCUT2D eigenvalue weighted by atomic mass is 16.5. The largest absolute Gasteiger partial charge is 0.378 e. The number of carbonyl (C=O) groups excluding carboxylic acids is 1. The highest BCUT2D eigenvalue weighted by Gasteiger charge is 2.16. The Morgan fingerprint density at radius 1 is 1.19 bits per heavy atom. The molecular formula is C21H35N3O2. The smallest absolute Gasteiger partial charge is 0.222 e. The van der Waals surface area contributed by atoms with Gasteiger partial charge in [0.05, 0.1) is 12.7 Å². The molecule has 0 atom stereocenters. The van der Waals surface area contributed by atoms with Crippen LogP contribution in [0.1, 0.15) is 38.7 Å². The number of aryl methyl sites for hydroxylation is 1. The molecule has 5 nitrogen and oxygen atoms in total. The molecule has 0 radical (unpaired) electrons. The van der Waals surface area contributed by atoms with Crippen LogP contribution < -0.4 is 10.2 Å². The number of carbonyl (C=O) groups is 1. The van der Waals surface area contributed by atoms with Gasteiger partial charge < -0.3 is 15.0 Å². The lowest BCUT2D eigenvalue weighted by Crippen LogP contribution is -2.46. The van der Waals surface area contributed by atoms with E-state index in [1.54, 1.807) is 0 Å². The van der Waals surface area contributed by atoms with Crippen LogP contribution in [0.3, 0.4) is 0 Å². The van der Waals surface area contributed by atoms with Gasteiger partial charge >= 0.3 is 0 Å². The molecule has 0 aromatic heterocycles. The van der Waals surface area contributed by atoms with Gasteiger partial charge in [-0.2, -0.15) is 0 Å². The first-order valence-corrected chi connectivity index (χ1v) is 9.97. The van der Waals surface area contributed by atoms with Crippen molar-refractivity contribution in [3.8, 4) is 0 Å². The van der Waals surface area contributed by atoms with Gasteiger partial charge in [-0.3, -0.25) is 9.69 Å². The molecule has 1 saturated heterocycles. The Morgan fingerprint density at radius 2 is 1.96 bits per heavy atom. The average Bonchev–Trinajstić information content (AvgIpc) is 2.61. The lowest BCUT2D eigenvalue weighted by atomic mass is 10.2. The number of ether oxygens (including phenoxy) is 1. The van der Waals surface area contributed by atoms with Crippen molar-refractivity contribution < 1.29 is 9.53 Å². The van der Waals surface area contributed by atoms with Crippen molar-refractivity contribution in [3.05, 3.63) is 29.8 Å². The summed E-state index contributed by atoms with van der Waals surface area (Å²) in [6.07, 6.45) is 2.82. The molecule has 146 valence electrons. The molecule has 1 aromatic rings. The van der Waals surface area contributed by atoms with Crippen LogP contribution in [0, 0.1) is 6.92 Å². The number of amides is 1. The molecule has 1 aromatic carbocycles. The van der Waals surface area contributed by atoms with Crippen LogP contribution in [0.5, 0.6) is 0 Å². The van der Waals surface area contributed by atoms with E-state index in [0.29, 0.717) is 13.0 Å². The van der Waals surface area contributed by atoms with Crippen LogP contribution in [-0.2, 0) is 9.53 Å². The van der Waals surface area contributed by atoms with E-state index in [-0.39, 0.29) is 12.0 Å². The summed E-state index contributed by atoms with van der Waals surface area (Å²) in [6, 6.07) is 8.76. The standard InChI is InChI=1S/C21H35N3O2/c1-18(2)26-16-9-21(25)22-10-4-5-11-23-12-14-24(15-13-23)20-8-6-7-19(3)17-20/h6-8,17-18H,4-5,9-16H2,1-3H3,(H,22,25). The Bertz CT molecular complexity index is 540. The topological polar surface area (TPSA) is 44.8 Å². The Balaban J connectivity index is 1.52. The Labute approximate surface area is 158 Å². The number of rotatable bonds is 10. The van der Waals surface area contributed by atoms with Gasteiger partial charge in [-0.05, 0) is 57.9 Å². The van der Waals surface area contributed by atoms with Gasteiger partial charge in [0, 0.05) is 44.8 Å². The number of piperazine rings is 1. The Kier molecular flexibility index (Phi) is 8.92. The predicted octanol–water partition coefficient (Wildman–Crippen LogP) is 2.83. The summed E-state index contributed by atoms with van der Waals surface area (Å²) in [5.41, 5.74) is 2.66. The summed E-state index contributed by atoms with van der Waals surface area (Å²) < 4.78 is 5.39. The minimum atomic E-state index is 0.0948. The molecule has 0 unspecified atom stereocenters. The van der Waals surface area contributed by atoms with Gasteiger partial charge in [-0.25, -0.2) is 0 Å². The van der Waals surface area contributed by atoms with Gasteiger partial charge in [-0.1, -0.05) is 12.1 Å². The molecule has 5 heteroatoms. The van der Waals surface area contributed by atoms with E-state index in [2.05, 4.69) is 46.3 Å². The van der Waals surface area contributed by atoms with Crippen molar-refractivity contribution in [2.45, 2.75) is 46.1 Å². The van der Waals surface area contributed by atoms with Crippen LogP contribution in [0.25, 0.3) is 0 Å². The minimum Gasteiger partial charge on any atom is -0.378 e. The van der Waals surface area contributed by atoms with Crippen LogP contribution in [-0.4, -0.2) is 62.8 Å². The zero-order chi connectivity index (χ0) is 18.8. The number of nitrogens with one attached hydrogen (secondary N) is 1. The molecular weight excluding hydrogens is 326 g/mol. The molecule has 26 heavy (non-hydrogen) atoms. The number of benzene rings is 1. The molecule has 0 bridgehead atoms. The normalized spacial score (nSPS) is 15.5. The van der Waals surface area contributed by atoms with Crippen molar-refractivity contribution in [2.75, 3.05) is 50.8 Å². The van der Waals surface area contributed by atoms with E-state index in [4.69, 9.17) is 4.74 Å². The van der Waals surface area contributed by atoms with E-state index >= 15 is 0 Å². The van der Waals surface area contributed by atoms with Gasteiger partial charge in [-0.15, -0.1) is 0 Å². The van der Waals surface area contributed by atoms with Crippen LogP contribution in [0.4, 0.5) is 5.69 Å².